The van der Waals surface area contributed by atoms with Gasteiger partial charge >= 0.3 is 0 Å². The Morgan fingerprint density at radius 2 is 1.96 bits per heavy atom. The zero-order valence-corrected chi connectivity index (χ0v) is 13.5. The predicted octanol–water partition coefficient (Wildman–Crippen LogP) is 4.02. The van der Waals surface area contributed by atoms with Crippen LogP contribution in [0.5, 0.6) is 5.75 Å². The molecule has 23 heavy (non-hydrogen) atoms. The Hall–Kier alpha value is -2.53. The van der Waals surface area contributed by atoms with Gasteiger partial charge < -0.3 is 5.11 Å². The number of nitrogens with zero attached hydrogens (tertiary/aromatic N) is 2. The number of thioether (sulfide) groups is 1. The maximum absolute atomic E-state index is 12.5. The van der Waals surface area contributed by atoms with E-state index >= 15 is 0 Å². The van der Waals surface area contributed by atoms with E-state index in [2.05, 4.69) is 4.99 Å². The molecule has 0 atom stereocenters. The number of carbonyl (C=O) groups excluding carboxylic acids is 1. The van der Waals surface area contributed by atoms with E-state index in [-0.39, 0.29) is 11.7 Å². The smallest absolute Gasteiger partial charge is 0.266 e. The first-order chi connectivity index (χ1) is 11.2. The van der Waals surface area contributed by atoms with Crippen molar-refractivity contribution >= 4 is 34.6 Å². The van der Waals surface area contributed by atoms with Gasteiger partial charge in [0.05, 0.1) is 10.6 Å². The summed E-state index contributed by atoms with van der Waals surface area (Å²) in [6.07, 6.45) is 1.88. The first-order valence-electron chi connectivity index (χ1n) is 7.31. The molecule has 1 heterocycles. The summed E-state index contributed by atoms with van der Waals surface area (Å²) in [6, 6.07) is 16.4. The fourth-order valence-electron chi connectivity index (χ4n) is 2.24. The molecule has 0 aliphatic carbocycles. The number of aliphatic imine (C=N–C) groups is 1. The van der Waals surface area contributed by atoms with Gasteiger partial charge in [0.1, 0.15) is 5.75 Å². The minimum Gasteiger partial charge on any atom is -0.508 e. The fraction of sp³-hybridized carbons (Fsp3) is 0.111. The molecule has 1 fully saturated rings. The van der Waals surface area contributed by atoms with Crippen molar-refractivity contribution in [3.8, 4) is 5.75 Å². The van der Waals surface area contributed by atoms with E-state index in [1.807, 2.05) is 43.3 Å². The quantitative estimate of drug-likeness (QED) is 0.868. The molecule has 2 aromatic rings. The van der Waals surface area contributed by atoms with Crippen molar-refractivity contribution in [3.63, 3.8) is 0 Å². The first-order valence-corrected chi connectivity index (χ1v) is 8.13. The van der Waals surface area contributed by atoms with Crippen LogP contribution < -0.4 is 0 Å². The van der Waals surface area contributed by atoms with Gasteiger partial charge in [0.15, 0.2) is 5.17 Å². The highest BCUT2D eigenvalue weighted by molar-refractivity contribution is 8.18. The molecular weight excluding hydrogens is 308 g/mol. The van der Waals surface area contributed by atoms with Gasteiger partial charge in [-0.15, -0.1) is 0 Å². The fourth-order valence-corrected chi connectivity index (χ4v) is 3.31. The molecule has 2 aromatic carbocycles. The number of phenolic OH excluding ortho intramolecular Hbond substituents is 1. The lowest BCUT2D eigenvalue weighted by Crippen LogP contribution is -2.28. The van der Waals surface area contributed by atoms with Crippen LogP contribution in [-0.4, -0.2) is 27.6 Å². The van der Waals surface area contributed by atoms with Gasteiger partial charge in [-0.1, -0.05) is 36.4 Å². The Kier molecular flexibility index (Phi) is 4.48. The van der Waals surface area contributed by atoms with Crippen LogP contribution in [0.25, 0.3) is 6.08 Å². The van der Waals surface area contributed by atoms with Gasteiger partial charge in [0.2, 0.25) is 0 Å². The zero-order chi connectivity index (χ0) is 16.2. The van der Waals surface area contributed by atoms with Crippen LogP contribution in [0.1, 0.15) is 12.5 Å². The molecule has 0 unspecified atom stereocenters. The van der Waals surface area contributed by atoms with Crippen LogP contribution in [0.3, 0.4) is 0 Å². The standard InChI is InChI=1S/C18H16N2O2S/c1-2-20-17(22)16(11-13-7-4-3-5-8-13)23-18(20)19-14-9-6-10-15(21)12-14/h3-12,21H,2H2,1H3/b16-11-,19-18?. The molecule has 1 saturated heterocycles. The molecule has 0 aromatic heterocycles. The summed E-state index contributed by atoms with van der Waals surface area (Å²) in [5.74, 6) is 0.115. The predicted molar refractivity (Wildman–Crippen MR) is 94.6 cm³/mol. The van der Waals surface area contributed by atoms with Crippen molar-refractivity contribution < 1.29 is 9.90 Å². The summed E-state index contributed by atoms with van der Waals surface area (Å²) in [6.45, 7) is 2.47. The summed E-state index contributed by atoms with van der Waals surface area (Å²) in [4.78, 5) is 19.3. The average molecular weight is 324 g/mol. The molecule has 1 aliphatic rings. The van der Waals surface area contributed by atoms with E-state index in [0.29, 0.717) is 22.3 Å². The molecule has 0 radical (unpaired) electrons. The highest BCUT2D eigenvalue weighted by atomic mass is 32.2. The van der Waals surface area contributed by atoms with E-state index in [4.69, 9.17) is 0 Å². The number of rotatable bonds is 3. The Balaban J connectivity index is 1.93. The number of carbonyl (C=O) groups is 1. The topological polar surface area (TPSA) is 52.9 Å². The lowest BCUT2D eigenvalue weighted by Gasteiger charge is -2.11. The third-order valence-electron chi connectivity index (χ3n) is 3.36. The van der Waals surface area contributed by atoms with Gasteiger partial charge in [-0.05, 0) is 42.5 Å². The largest absolute Gasteiger partial charge is 0.508 e. The van der Waals surface area contributed by atoms with E-state index in [9.17, 15) is 9.90 Å². The van der Waals surface area contributed by atoms with Crippen molar-refractivity contribution in [2.24, 2.45) is 4.99 Å². The Morgan fingerprint density at radius 1 is 1.17 bits per heavy atom. The molecule has 4 nitrogen and oxygen atoms in total. The van der Waals surface area contributed by atoms with Crippen LogP contribution >= 0.6 is 11.8 Å². The summed E-state index contributed by atoms with van der Waals surface area (Å²) in [7, 11) is 0. The van der Waals surface area contributed by atoms with Crippen LogP contribution in [-0.2, 0) is 4.79 Å². The third kappa shape index (κ3) is 3.46. The normalized spacial score (nSPS) is 18.1. The lowest BCUT2D eigenvalue weighted by molar-refractivity contribution is -0.122. The maximum atomic E-state index is 12.5. The monoisotopic (exact) mass is 324 g/mol. The highest BCUT2D eigenvalue weighted by Gasteiger charge is 2.32. The van der Waals surface area contributed by atoms with Crippen molar-refractivity contribution in [3.05, 3.63) is 65.1 Å². The number of amidine groups is 1. The minimum absolute atomic E-state index is 0.0414. The number of likely N-dealkylation sites (N-methyl/N-ethyl adjacent to an activating group) is 1. The number of hydrogen-bond acceptors (Lipinski definition) is 4. The lowest BCUT2D eigenvalue weighted by atomic mass is 10.2. The molecule has 0 saturated carbocycles. The second-order valence-corrected chi connectivity index (χ2v) is 5.99. The second kappa shape index (κ2) is 6.71. The summed E-state index contributed by atoms with van der Waals surface area (Å²) in [5.41, 5.74) is 1.61. The molecule has 116 valence electrons. The third-order valence-corrected chi connectivity index (χ3v) is 4.36. The molecule has 0 spiro atoms. The summed E-state index contributed by atoms with van der Waals surface area (Å²) >= 11 is 1.35. The van der Waals surface area contributed by atoms with Gasteiger partial charge in [-0.25, -0.2) is 4.99 Å². The van der Waals surface area contributed by atoms with Gasteiger partial charge in [0.25, 0.3) is 5.91 Å². The van der Waals surface area contributed by atoms with Gasteiger partial charge in [-0.3, -0.25) is 9.69 Å². The minimum atomic E-state index is -0.0414. The highest BCUT2D eigenvalue weighted by Crippen LogP contribution is 2.34. The van der Waals surface area contributed by atoms with E-state index < -0.39 is 0 Å². The number of amides is 1. The molecule has 1 aliphatic heterocycles. The van der Waals surface area contributed by atoms with Crippen LogP contribution in [0.15, 0.2) is 64.5 Å². The SMILES string of the molecule is CCN1C(=O)/C(=C/c2ccccc2)SC1=Nc1cccc(O)c1. The van der Waals surface area contributed by atoms with Crippen LogP contribution in [0, 0.1) is 0 Å². The summed E-state index contributed by atoms with van der Waals surface area (Å²) in [5, 5.41) is 10.2. The molecule has 1 N–H and O–H groups in total. The van der Waals surface area contributed by atoms with E-state index in [0.717, 1.165) is 5.56 Å². The van der Waals surface area contributed by atoms with Crippen molar-refractivity contribution in [1.82, 2.24) is 4.90 Å². The molecule has 5 heteroatoms. The molecule has 1 amide bonds. The average Bonchev–Trinajstić information content (AvgIpc) is 2.83. The van der Waals surface area contributed by atoms with Crippen molar-refractivity contribution in [2.75, 3.05) is 6.54 Å². The number of hydrogen-bond donors (Lipinski definition) is 1. The van der Waals surface area contributed by atoms with Crippen LogP contribution in [0.2, 0.25) is 0 Å². The summed E-state index contributed by atoms with van der Waals surface area (Å²) < 4.78 is 0. The number of phenols is 1. The maximum Gasteiger partial charge on any atom is 0.266 e. The Labute approximate surface area is 139 Å². The molecular formula is C18H16N2O2S. The van der Waals surface area contributed by atoms with Gasteiger partial charge in [0, 0.05) is 12.6 Å². The molecule has 0 bridgehead atoms. The van der Waals surface area contributed by atoms with Gasteiger partial charge in [-0.2, -0.15) is 0 Å². The zero-order valence-electron chi connectivity index (χ0n) is 12.6. The molecule has 3 rings (SSSR count). The first kappa shape index (κ1) is 15.4. The van der Waals surface area contributed by atoms with Crippen molar-refractivity contribution in [1.29, 1.82) is 0 Å². The van der Waals surface area contributed by atoms with E-state index in [1.165, 1.54) is 11.8 Å². The Bertz CT molecular complexity index is 785. The van der Waals surface area contributed by atoms with Crippen molar-refractivity contribution in [2.45, 2.75) is 6.92 Å². The van der Waals surface area contributed by atoms with Crippen LogP contribution in [0.4, 0.5) is 5.69 Å². The van der Waals surface area contributed by atoms with E-state index in [1.54, 1.807) is 29.2 Å². The number of aromatic hydroxyl groups is 1. The number of benzene rings is 2. The Morgan fingerprint density at radius 3 is 2.65 bits per heavy atom. The second-order valence-electron chi connectivity index (χ2n) is 4.98.